The van der Waals surface area contributed by atoms with Crippen LogP contribution in [-0.4, -0.2) is 59.6 Å². The Morgan fingerprint density at radius 3 is 2.30 bits per heavy atom. The lowest BCUT2D eigenvalue weighted by molar-refractivity contribution is -0.155. The summed E-state index contributed by atoms with van der Waals surface area (Å²) in [7, 11) is 0. The fraction of sp³-hybridized carbons (Fsp3) is 0.304. The van der Waals surface area contributed by atoms with E-state index in [9.17, 15) is 19.5 Å². The van der Waals surface area contributed by atoms with Crippen LogP contribution in [0.5, 0.6) is 0 Å². The maximum atomic E-state index is 12.7. The number of nitrogens with one attached hydrogen (secondary N) is 1. The number of aromatic nitrogens is 4. The molecule has 3 N–H and O–H groups in total. The van der Waals surface area contributed by atoms with Crippen LogP contribution in [0.1, 0.15) is 38.2 Å². The van der Waals surface area contributed by atoms with Crippen LogP contribution >= 0.6 is 0 Å². The molecule has 10 heteroatoms. The average molecular weight is 451 g/mol. The van der Waals surface area contributed by atoms with Crippen molar-refractivity contribution in [3.63, 3.8) is 0 Å². The van der Waals surface area contributed by atoms with Crippen molar-refractivity contribution >= 4 is 17.8 Å². The van der Waals surface area contributed by atoms with Crippen molar-refractivity contribution in [2.24, 2.45) is 0 Å². The van der Waals surface area contributed by atoms with Crippen LogP contribution in [0.15, 0.2) is 48.5 Å². The number of H-pyrrole nitrogens is 1. The Bertz CT molecular complexity index is 1100. The first kappa shape index (κ1) is 23.6. The molecule has 3 rings (SSSR count). The number of carbonyl (C=O) groups excluding carboxylic acids is 1. The Labute approximate surface area is 190 Å². The zero-order valence-electron chi connectivity index (χ0n) is 18.1. The van der Waals surface area contributed by atoms with Crippen molar-refractivity contribution < 1.29 is 24.6 Å². The maximum Gasteiger partial charge on any atom is 0.327 e. The van der Waals surface area contributed by atoms with Gasteiger partial charge in [-0.3, -0.25) is 9.59 Å². The monoisotopic (exact) mass is 451 g/mol. The molecule has 0 radical (unpaired) electrons. The highest BCUT2D eigenvalue weighted by Crippen LogP contribution is 2.30. The van der Waals surface area contributed by atoms with Gasteiger partial charge in [0.1, 0.15) is 6.04 Å². The van der Waals surface area contributed by atoms with E-state index < -0.39 is 24.4 Å². The van der Waals surface area contributed by atoms with Crippen molar-refractivity contribution in [2.75, 3.05) is 0 Å². The minimum Gasteiger partial charge on any atom is -0.481 e. The number of hydrogen-bond donors (Lipinski definition) is 3. The van der Waals surface area contributed by atoms with Crippen molar-refractivity contribution in [1.29, 1.82) is 0 Å². The van der Waals surface area contributed by atoms with Gasteiger partial charge in [0.15, 0.2) is 0 Å². The van der Waals surface area contributed by atoms with Gasteiger partial charge in [-0.15, -0.1) is 10.2 Å². The van der Waals surface area contributed by atoms with Crippen molar-refractivity contribution in [1.82, 2.24) is 25.5 Å². The number of aromatic amines is 1. The van der Waals surface area contributed by atoms with Gasteiger partial charge in [0, 0.05) is 18.5 Å². The fourth-order valence-corrected chi connectivity index (χ4v) is 3.53. The number of unbranched alkanes of at least 4 members (excludes halogenated alkanes) is 1. The van der Waals surface area contributed by atoms with Crippen LogP contribution < -0.4 is 0 Å². The standard InChI is InChI=1S/C23H25N5O5/c1-2-3-8-20(29)28(19(23(32)33)13-21(30)31)14-15-9-11-16(12-10-15)17-6-4-5-7-18(17)22-24-26-27-25-22/h4-7,9-12,19H,2-3,8,13-14H2,1H3,(H,30,31)(H,32,33)(H,24,25,26,27)/t19-/m0/s1. The first-order valence-electron chi connectivity index (χ1n) is 10.6. The normalized spacial score (nSPS) is 11.7. The van der Waals surface area contributed by atoms with E-state index >= 15 is 0 Å². The lowest BCUT2D eigenvalue weighted by Crippen LogP contribution is -2.45. The predicted molar refractivity (Wildman–Crippen MR) is 119 cm³/mol. The molecule has 0 aliphatic carbocycles. The second kappa shape index (κ2) is 11.0. The second-order valence-electron chi connectivity index (χ2n) is 7.56. The molecule has 33 heavy (non-hydrogen) atoms. The van der Waals surface area contributed by atoms with Crippen molar-refractivity contribution in [3.05, 3.63) is 54.1 Å². The third kappa shape index (κ3) is 6.00. The number of aliphatic carboxylic acids is 2. The van der Waals surface area contributed by atoms with E-state index in [0.717, 1.165) is 28.0 Å². The smallest absolute Gasteiger partial charge is 0.327 e. The van der Waals surface area contributed by atoms with Crippen LogP contribution in [0.4, 0.5) is 0 Å². The topological polar surface area (TPSA) is 149 Å². The third-order valence-electron chi connectivity index (χ3n) is 5.22. The highest BCUT2D eigenvalue weighted by Gasteiger charge is 2.31. The van der Waals surface area contributed by atoms with Gasteiger partial charge >= 0.3 is 11.9 Å². The summed E-state index contributed by atoms with van der Waals surface area (Å²) in [6.07, 6.45) is 0.866. The molecule has 0 aliphatic heterocycles. The number of nitrogens with zero attached hydrogens (tertiary/aromatic N) is 4. The Kier molecular flexibility index (Phi) is 7.85. The molecular formula is C23H25N5O5. The summed E-state index contributed by atoms with van der Waals surface area (Å²) in [5.74, 6) is -2.53. The molecule has 0 fully saturated rings. The number of amides is 1. The summed E-state index contributed by atoms with van der Waals surface area (Å²) in [5, 5.41) is 32.9. The molecule has 0 spiro atoms. The molecule has 10 nitrogen and oxygen atoms in total. The van der Waals surface area contributed by atoms with Crippen LogP contribution in [-0.2, 0) is 20.9 Å². The van der Waals surface area contributed by atoms with E-state index in [0.29, 0.717) is 17.8 Å². The maximum absolute atomic E-state index is 12.7. The van der Waals surface area contributed by atoms with Crippen LogP contribution in [0.2, 0.25) is 0 Å². The van der Waals surface area contributed by atoms with Gasteiger partial charge in [0.2, 0.25) is 11.7 Å². The van der Waals surface area contributed by atoms with Crippen molar-refractivity contribution in [3.8, 4) is 22.5 Å². The number of benzene rings is 2. The Morgan fingerprint density at radius 2 is 1.73 bits per heavy atom. The number of carboxylic acids is 2. The van der Waals surface area contributed by atoms with Gasteiger partial charge in [-0.05, 0) is 28.3 Å². The zero-order valence-corrected chi connectivity index (χ0v) is 18.1. The fourth-order valence-electron chi connectivity index (χ4n) is 3.53. The first-order chi connectivity index (χ1) is 15.9. The van der Waals surface area contributed by atoms with Gasteiger partial charge in [-0.1, -0.05) is 61.9 Å². The van der Waals surface area contributed by atoms with Gasteiger partial charge in [0.05, 0.1) is 6.42 Å². The molecule has 1 aromatic heterocycles. The third-order valence-corrected chi connectivity index (χ3v) is 5.22. The van der Waals surface area contributed by atoms with Crippen LogP contribution in [0.25, 0.3) is 22.5 Å². The highest BCUT2D eigenvalue weighted by molar-refractivity contribution is 5.87. The molecule has 0 bridgehead atoms. The minimum absolute atomic E-state index is 0.000434. The van der Waals surface area contributed by atoms with E-state index in [2.05, 4.69) is 20.6 Å². The quantitative estimate of drug-likeness (QED) is 0.403. The molecule has 0 saturated heterocycles. The van der Waals surface area contributed by atoms with E-state index in [4.69, 9.17) is 5.11 Å². The SMILES string of the molecule is CCCCC(=O)N(Cc1ccc(-c2ccccc2-c2nn[nH]n2)cc1)[C@@H](CC(=O)O)C(=O)O. The Morgan fingerprint density at radius 1 is 1.03 bits per heavy atom. The number of carboxylic acid groups (broad SMARTS) is 2. The molecule has 1 atom stereocenters. The Balaban J connectivity index is 1.87. The van der Waals surface area contributed by atoms with Crippen molar-refractivity contribution in [2.45, 2.75) is 45.2 Å². The number of rotatable bonds is 11. The van der Waals surface area contributed by atoms with E-state index in [1.54, 1.807) is 12.1 Å². The second-order valence-corrected chi connectivity index (χ2v) is 7.56. The largest absolute Gasteiger partial charge is 0.481 e. The number of tetrazole rings is 1. The summed E-state index contributed by atoms with van der Waals surface area (Å²) in [6, 6.07) is 13.4. The predicted octanol–water partition coefficient (Wildman–Crippen LogP) is 2.98. The number of hydrogen-bond acceptors (Lipinski definition) is 6. The molecule has 1 heterocycles. The Hall–Kier alpha value is -4.08. The van der Waals surface area contributed by atoms with Crippen LogP contribution in [0.3, 0.4) is 0 Å². The molecule has 0 saturated carbocycles. The van der Waals surface area contributed by atoms with E-state index in [-0.39, 0.29) is 18.9 Å². The highest BCUT2D eigenvalue weighted by atomic mass is 16.4. The molecular weight excluding hydrogens is 426 g/mol. The summed E-state index contributed by atoms with van der Waals surface area (Å²) < 4.78 is 0. The van der Waals surface area contributed by atoms with E-state index in [1.807, 2.05) is 43.3 Å². The summed E-state index contributed by atoms with van der Waals surface area (Å²) in [5.41, 5.74) is 3.25. The van der Waals surface area contributed by atoms with Gasteiger partial charge in [0.25, 0.3) is 0 Å². The van der Waals surface area contributed by atoms with Crippen LogP contribution in [0, 0.1) is 0 Å². The lowest BCUT2D eigenvalue weighted by atomic mass is 9.98. The molecule has 0 aliphatic rings. The number of carbonyl (C=O) groups is 3. The van der Waals surface area contributed by atoms with E-state index in [1.165, 1.54) is 0 Å². The van der Waals surface area contributed by atoms with Gasteiger partial charge in [-0.2, -0.15) is 5.21 Å². The summed E-state index contributed by atoms with van der Waals surface area (Å²) >= 11 is 0. The molecule has 0 unspecified atom stereocenters. The lowest BCUT2D eigenvalue weighted by Gasteiger charge is -2.28. The summed E-state index contributed by atoms with van der Waals surface area (Å²) in [4.78, 5) is 36.9. The first-order valence-corrected chi connectivity index (χ1v) is 10.6. The van der Waals surface area contributed by atoms with Gasteiger partial charge < -0.3 is 15.1 Å². The zero-order chi connectivity index (χ0) is 23.8. The molecule has 172 valence electrons. The molecule has 1 amide bonds. The average Bonchev–Trinajstić information content (AvgIpc) is 3.35. The molecule has 3 aromatic rings. The minimum atomic E-state index is -1.44. The summed E-state index contributed by atoms with van der Waals surface area (Å²) in [6.45, 7) is 1.92. The van der Waals surface area contributed by atoms with Gasteiger partial charge in [-0.25, -0.2) is 4.79 Å². The molecule has 2 aromatic carbocycles.